The van der Waals surface area contributed by atoms with Crippen LogP contribution in [0.2, 0.25) is 8.67 Å². The summed E-state index contributed by atoms with van der Waals surface area (Å²) in [5.74, 6) is 0. The van der Waals surface area contributed by atoms with E-state index in [9.17, 15) is 4.79 Å². The molecule has 0 aliphatic heterocycles. The third kappa shape index (κ3) is 5.24. The third-order valence-corrected chi connectivity index (χ3v) is 5.49. The molecule has 1 aromatic rings. The van der Waals surface area contributed by atoms with Crippen molar-refractivity contribution < 1.29 is 9.53 Å². The Balaban J connectivity index is 1.91. The molecule has 0 aromatic carbocycles. The molecule has 130 valence electrons. The molecular formula is C16H24Cl2N2O2S. The van der Waals surface area contributed by atoms with Crippen LogP contribution in [-0.4, -0.2) is 23.8 Å². The van der Waals surface area contributed by atoms with Crippen LogP contribution in [0.25, 0.3) is 0 Å². The van der Waals surface area contributed by atoms with Gasteiger partial charge in [0.1, 0.15) is 5.60 Å². The van der Waals surface area contributed by atoms with E-state index in [4.69, 9.17) is 27.9 Å². The van der Waals surface area contributed by atoms with Crippen LogP contribution in [0.3, 0.4) is 0 Å². The molecule has 2 rings (SSSR count). The van der Waals surface area contributed by atoms with E-state index in [2.05, 4.69) is 10.6 Å². The molecule has 1 saturated carbocycles. The summed E-state index contributed by atoms with van der Waals surface area (Å²) in [6.07, 6.45) is 2.65. The summed E-state index contributed by atoms with van der Waals surface area (Å²) in [6, 6.07) is 1.96. The molecule has 0 bridgehead atoms. The van der Waals surface area contributed by atoms with Gasteiger partial charge in [0, 0.05) is 12.6 Å². The SMILES string of the molecule is CC(NCC1(NC(=O)OC(C)(C)C)CCC1)c1cc(Cl)sc1Cl. The second kappa shape index (κ2) is 7.18. The minimum Gasteiger partial charge on any atom is -0.444 e. The number of hydrogen-bond donors (Lipinski definition) is 2. The molecule has 1 unspecified atom stereocenters. The van der Waals surface area contributed by atoms with Gasteiger partial charge in [0.15, 0.2) is 0 Å². The molecule has 1 heterocycles. The molecule has 0 spiro atoms. The number of carbonyl (C=O) groups is 1. The van der Waals surface area contributed by atoms with Gasteiger partial charge in [-0.25, -0.2) is 4.79 Å². The molecule has 7 heteroatoms. The minimum atomic E-state index is -0.489. The normalized spacial score (nSPS) is 18.2. The van der Waals surface area contributed by atoms with Crippen LogP contribution in [0.4, 0.5) is 4.79 Å². The lowest BCUT2D eigenvalue weighted by molar-refractivity contribution is 0.0379. The van der Waals surface area contributed by atoms with Crippen molar-refractivity contribution in [3.63, 3.8) is 0 Å². The largest absolute Gasteiger partial charge is 0.444 e. The maximum atomic E-state index is 12.0. The first kappa shape index (κ1) is 18.8. The maximum absolute atomic E-state index is 12.0. The van der Waals surface area contributed by atoms with Gasteiger partial charge in [-0.15, -0.1) is 11.3 Å². The predicted octanol–water partition coefficient (Wildman–Crippen LogP) is 5.15. The summed E-state index contributed by atoms with van der Waals surface area (Å²) in [5, 5.41) is 6.49. The molecule has 0 radical (unpaired) electrons. The fraction of sp³-hybridized carbons (Fsp3) is 0.688. The van der Waals surface area contributed by atoms with Crippen molar-refractivity contribution in [2.24, 2.45) is 0 Å². The van der Waals surface area contributed by atoms with E-state index in [0.717, 1.165) is 24.8 Å². The fourth-order valence-electron chi connectivity index (χ4n) is 2.58. The van der Waals surface area contributed by atoms with Crippen molar-refractivity contribution in [3.8, 4) is 0 Å². The zero-order valence-electron chi connectivity index (χ0n) is 14.0. The van der Waals surface area contributed by atoms with E-state index in [-0.39, 0.29) is 17.7 Å². The standard InChI is InChI=1S/C16H24Cl2N2O2S/c1-10(11-8-12(17)23-13(11)18)19-9-16(6-5-7-16)20-14(21)22-15(2,3)4/h8,10,19H,5-7,9H2,1-4H3,(H,20,21). The van der Waals surface area contributed by atoms with Gasteiger partial charge in [-0.05, 0) is 58.6 Å². The van der Waals surface area contributed by atoms with Crippen molar-refractivity contribution in [2.45, 2.75) is 64.1 Å². The highest BCUT2D eigenvalue weighted by molar-refractivity contribution is 7.20. The minimum absolute atomic E-state index is 0.0733. The first-order chi connectivity index (χ1) is 10.6. The van der Waals surface area contributed by atoms with E-state index in [0.29, 0.717) is 15.2 Å². The van der Waals surface area contributed by atoms with Crippen LogP contribution < -0.4 is 10.6 Å². The number of nitrogens with one attached hydrogen (secondary N) is 2. The summed E-state index contributed by atoms with van der Waals surface area (Å²) in [4.78, 5) is 12.0. The van der Waals surface area contributed by atoms with Gasteiger partial charge in [-0.2, -0.15) is 0 Å². The highest BCUT2D eigenvalue weighted by Crippen LogP contribution is 2.36. The summed E-state index contributed by atoms with van der Waals surface area (Å²) in [7, 11) is 0. The first-order valence-corrected chi connectivity index (χ1v) is 9.37. The summed E-state index contributed by atoms with van der Waals surface area (Å²) >= 11 is 13.6. The van der Waals surface area contributed by atoms with Gasteiger partial charge in [0.25, 0.3) is 0 Å². The molecule has 1 amide bonds. The van der Waals surface area contributed by atoms with Gasteiger partial charge in [0.2, 0.25) is 0 Å². The highest BCUT2D eigenvalue weighted by atomic mass is 35.5. The number of amides is 1. The van der Waals surface area contributed by atoms with Crippen LogP contribution in [-0.2, 0) is 4.74 Å². The Morgan fingerprint density at radius 3 is 2.52 bits per heavy atom. The number of hydrogen-bond acceptors (Lipinski definition) is 4. The molecule has 2 N–H and O–H groups in total. The van der Waals surface area contributed by atoms with Gasteiger partial charge in [0.05, 0.1) is 14.2 Å². The van der Waals surface area contributed by atoms with E-state index >= 15 is 0 Å². The van der Waals surface area contributed by atoms with Gasteiger partial charge in [-0.3, -0.25) is 0 Å². The summed E-state index contributed by atoms with van der Waals surface area (Å²) in [6.45, 7) is 8.31. The smallest absolute Gasteiger partial charge is 0.408 e. The molecule has 0 saturated heterocycles. The number of halogens is 2. The Morgan fingerprint density at radius 1 is 1.43 bits per heavy atom. The third-order valence-electron chi connectivity index (χ3n) is 3.97. The molecule has 1 aromatic heterocycles. The quantitative estimate of drug-likeness (QED) is 0.744. The maximum Gasteiger partial charge on any atom is 0.408 e. The lowest BCUT2D eigenvalue weighted by Crippen LogP contribution is -2.60. The first-order valence-electron chi connectivity index (χ1n) is 7.79. The molecule has 1 atom stereocenters. The van der Waals surface area contributed by atoms with Crippen molar-refractivity contribution in [3.05, 3.63) is 20.3 Å². The van der Waals surface area contributed by atoms with E-state index in [1.807, 2.05) is 33.8 Å². The van der Waals surface area contributed by atoms with E-state index in [1.165, 1.54) is 11.3 Å². The fourth-order valence-corrected chi connectivity index (χ4v) is 4.22. The van der Waals surface area contributed by atoms with Crippen molar-refractivity contribution in [1.29, 1.82) is 0 Å². The monoisotopic (exact) mass is 378 g/mol. The van der Waals surface area contributed by atoms with Gasteiger partial charge < -0.3 is 15.4 Å². The van der Waals surface area contributed by atoms with Gasteiger partial charge >= 0.3 is 6.09 Å². The van der Waals surface area contributed by atoms with Crippen LogP contribution >= 0.6 is 34.5 Å². The molecular weight excluding hydrogens is 355 g/mol. The predicted molar refractivity (Wildman–Crippen MR) is 96.7 cm³/mol. The number of rotatable bonds is 5. The van der Waals surface area contributed by atoms with E-state index in [1.54, 1.807) is 0 Å². The molecule has 1 aliphatic carbocycles. The average molecular weight is 379 g/mol. The summed E-state index contributed by atoms with van der Waals surface area (Å²) in [5.41, 5.74) is 0.271. The van der Waals surface area contributed by atoms with Crippen molar-refractivity contribution in [2.75, 3.05) is 6.54 Å². The number of carbonyl (C=O) groups excluding carboxylic acids is 1. The van der Waals surface area contributed by atoms with Crippen LogP contribution in [0.1, 0.15) is 58.6 Å². The van der Waals surface area contributed by atoms with Crippen LogP contribution in [0.5, 0.6) is 0 Å². The van der Waals surface area contributed by atoms with Gasteiger partial charge in [-0.1, -0.05) is 23.2 Å². The lowest BCUT2D eigenvalue weighted by Gasteiger charge is -2.43. The molecule has 1 fully saturated rings. The summed E-state index contributed by atoms with van der Waals surface area (Å²) < 4.78 is 6.76. The van der Waals surface area contributed by atoms with Crippen molar-refractivity contribution in [1.82, 2.24) is 10.6 Å². The Kier molecular flexibility index (Phi) is 5.88. The van der Waals surface area contributed by atoms with Crippen LogP contribution in [0, 0.1) is 0 Å². The van der Waals surface area contributed by atoms with E-state index < -0.39 is 5.60 Å². The Labute approximate surface area is 151 Å². The number of ether oxygens (including phenoxy) is 1. The highest BCUT2D eigenvalue weighted by Gasteiger charge is 2.39. The topological polar surface area (TPSA) is 50.4 Å². The Morgan fingerprint density at radius 2 is 2.09 bits per heavy atom. The zero-order valence-corrected chi connectivity index (χ0v) is 16.3. The molecule has 23 heavy (non-hydrogen) atoms. The average Bonchev–Trinajstić information content (AvgIpc) is 2.69. The molecule has 4 nitrogen and oxygen atoms in total. The lowest BCUT2D eigenvalue weighted by atomic mass is 9.76. The van der Waals surface area contributed by atoms with Crippen LogP contribution in [0.15, 0.2) is 6.07 Å². The molecule has 1 aliphatic rings. The number of alkyl carbamates (subject to hydrolysis) is 1. The Bertz CT molecular complexity index is 565. The second-order valence-electron chi connectivity index (χ2n) is 7.14. The second-order valence-corrected chi connectivity index (χ2v) is 9.43. The Hall–Kier alpha value is -0.490. The van der Waals surface area contributed by atoms with Crippen molar-refractivity contribution >= 4 is 40.6 Å². The number of thiophene rings is 1. The zero-order chi connectivity index (χ0) is 17.3.